The Morgan fingerprint density at radius 1 is 1.47 bits per heavy atom. The topological polar surface area (TPSA) is 55.5 Å². The zero-order valence-corrected chi connectivity index (χ0v) is 11.8. The van der Waals surface area contributed by atoms with Gasteiger partial charge in [0.15, 0.2) is 0 Å². The molecule has 1 aromatic carbocycles. The van der Waals surface area contributed by atoms with E-state index in [0.717, 1.165) is 37.9 Å². The lowest BCUT2D eigenvalue weighted by molar-refractivity contribution is 0.143. The lowest BCUT2D eigenvalue weighted by atomic mass is 9.87. The molecule has 1 aromatic rings. The number of aliphatic hydroxyl groups is 1. The third-order valence-corrected chi connectivity index (χ3v) is 4.34. The molecule has 2 atom stereocenters. The largest absolute Gasteiger partial charge is 0.494 e. The van der Waals surface area contributed by atoms with Crippen LogP contribution < -0.4 is 10.5 Å². The van der Waals surface area contributed by atoms with Crippen molar-refractivity contribution in [2.75, 3.05) is 13.2 Å². The molecule has 2 rings (SSSR count). The van der Waals surface area contributed by atoms with Gasteiger partial charge < -0.3 is 15.6 Å². The highest BCUT2D eigenvalue weighted by Gasteiger charge is 2.38. The van der Waals surface area contributed by atoms with Crippen LogP contribution in [0.5, 0.6) is 5.75 Å². The molecular weight excluding hydrogens is 238 g/mol. The average molecular weight is 263 g/mol. The van der Waals surface area contributed by atoms with E-state index in [9.17, 15) is 5.11 Å². The number of rotatable bonds is 6. The lowest BCUT2D eigenvalue weighted by Crippen LogP contribution is -2.47. The molecule has 0 amide bonds. The van der Waals surface area contributed by atoms with Crippen molar-refractivity contribution >= 4 is 0 Å². The minimum atomic E-state index is -0.380. The standard InChI is InChI=1S/C16H25NO2/c1-2-13-5-3-7-15(11-13)19-10-8-14-6-4-9-16(14,17)12-18/h3,5,7,11,14,18H,2,4,6,8-10,12,17H2,1H3. The van der Waals surface area contributed by atoms with Crippen molar-refractivity contribution in [2.24, 2.45) is 11.7 Å². The average Bonchev–Trinajstić information content (AvgIpc) is 2.81. The molecule has 1 aliphatic rings. The Balaban J connectivity index is 1.83. The van der Waals surface area contributed by atoms with E-state index in [-0.39, 0.29) is 12.1 Å². The Morgan fingerprint density at radius 3 is 3.05 bits per heavy atom. The van der Waals surface area contributed by atoms with Crippen LogP contribution in [0, 0.1) is 5.92 Å². The monoisotopic (exact) mass is 263 g/mol. The van der Waals surface area contributed by atoms with Crippen molar-refractivity contribution in [3.05, 3.63) is 29.8 Å². The van der Waals surface area contributed by atoms with E-state index >= 15 is 0 Å². The van der Waals surface area contributed by atoms with Crippen LogP contribution in [-0.2, 0) is 6.42 Å². The Bertz CT molecular complexity index is 407. The summed E-state index contributed by atoms with van der Waals surface area (Å²) in [7, 11) is 0. The minimum Gasteiger partial charge on any atom is -0.494 e. The SMILES string of the molecule is CCc1cccc(OCCC2CCCC2(N)CO)c1. The Labute approximate surface area is 115 Å². The predicted octanol–water partition coefficient (Wildman–Crippen LogP) is 2.51. The lowest BCUT2D eigenvalue weighted by Gasteiger charge is -2.29. The van der Waals surface area contributed by atoms with Gasteiger partial charge in [0.05, 0.1) is 13.2 Å². The molecule has 1 aliphatic carbocycles. The van der Waals surface area contributed by atoms with Crippen molar-refractivity contribution in [1.82, 2.24) is 0 Å². The summed E-state index contributed by atoms with van der Waals surface area (Å²) in [6.45, 7) is 2.90. The summed E-state index contributed by atoms with van der Waals surface area (Å²) in [4.78, 5) is 0. The fourth-order valence-electron chi connectivity index (χ4n) is 2.98. The second-order valence-electron chi connectivity index (χ2n) is 5.62. The quantitative estimate of drug-likeness (QED) is 0.829. The molecule has 3 N–H and O–H groups in total. The van der Waals surface area contributed by atoms with E-state index in [4.69, 9.17) is 10.5 Å². The van der Waals surface area contributed by atoms with Gasteiger partial charge >= 0.3 is 0 Å². The molecule has 0 spiro atoms. The second-order valence-corrected chi connectivity index (χ2v) is 5.62. The van der Waals surface area contributed by atoms with Crippen molar-refractivity contribution < 1.29 is 9.84 Å². The summed E-state index contributed by atoms with van der Waals surface area (Å²) in [6, 6.07) is 8.23. The molecule has 0 saturated heterocycles. The number of hydrogen-bond donors (Lipinski definition) is 2. The van der Waals surface area contributed by atoms with Crippen molar-refractivity contribution in [2.45, 2.75) is 44.6 Å². The molecule has 0 bridgehead atoms. The zero-order valence-electron chi connectivity index (χ0n) is 11.8. The van der Waals surface area contributed by atoms with Crippen LogP contribution in [0.25, 0.3) is 0 Å². The number of nitrogens with two attached hydrogens (primary N) is 1. The van der Waals surface area contributed by atoms with Gasteiger partial charge in [0.25, 0.3) is 0 Å². The summed E-state index contributed by atoms with van der Waals surface area (Å²) >= 11 is 0. The predicted molar refractivity (Wildman–Crippen MR) is 77.3 cm³/mol. The molecule has 19 heavy (non-hydrogen) atoms. The number of aryl methyl sites for hydroxylation is 1. The van der Waals surface area contributed by atoms with Crippen LogP contribution in [0.2, 0.25) is 0 Å². The molecule has 0 aromatic heterocycles. The first kappa shape index (κ1) is 14.4. The fraction of sp³-hybridized carbons (Fsp3) is 0.625. The number of aliphatic hydroxyl groups excluding tert-OH is 1. The van der Waals surface area contributed by atoms with E-state index in [1.807, 2.05) is 12.1 Å². The molecule has 3 heteroatoms. The molecular formula is C16H25NO2. The van der Waals surface area contributed by atoms with Crippen LogP contribution in [0.1, 0.15) is 38.2 Å². The van der Waals surface area contributed by atoms with Gasteiger partial charge in [-0.1, -0.05) is 25.5 Å². The van der Waals surface area contributed by atoms with E-state index in [0.29, 0.717) is 12.5 Å². The maximum Gasteiger partial charge on any atom is 0.119 e. The highest BCUT2D eigenvalue weighted by molar-refractivity contribution is 5.28. The highest BCUT2D eigenvalue weighted by atomic mass is 16.5. The van der Waals surface area contributed by atoms with Crippen molar-refractivity contribution in [3.63, 3.8) is 0 Å². The van der Waals surface area contributed by atoms with Crippen LogP contribution in [0.3, 0.4) is 0 Å². The Hall–Kier alpha value is -1.06. The molecule has 0 aliphatic heterocycles. The molecule has 2 unspecified atom stereocenters. The van der Waals surface area contributed by atoms with Gasteiger partial charge in [-0.05, 0) is 49.3 Å². The smallest absolute Gasteiger partial charge is 0.119 e. The number of hydrogen-bond acceptors (Lipinski definition) is 3. The molecule has 0 radical (unpaired) electrons. The molecule has 0 heterocycles. The van der Waals surface area contributed by atoms with Crippen LogP contribution in [-0.4, -0.2) is 23.9 Å². The second kappa shape index (κ2) is 6.40. The first-order valence-electron chi connectivity index (χ1n) is 7.29. The zero-order chi connectivity index (χ0) is 13.7. The molecule has 1 saturated carbocycles. The van der Waals surface area contributed by atoms with Crippen LogP contribution in [0.4, 0.5) is 0 Å². The Morgan fingerprint density at radius 2 is 2.32 bits per heavy atom. The van der Waals surface area contributed by atoms with Crippen LogP contribution >= 0.6 is 0 Å². The van der Waals surface area contributed by atoms with Gasteiger partial charge in [-0.25, -0.2) is 0 Å². The van der Waals surface area contributed by atoms with Crippen molar-refractivity contribution in [3.8, 4) is 5.75 Å². The Kier molecular flexibility index (Phi) is 4.83. The van der Waals surface area contributed by atoms with Gasteiger partial charge in [0.2, 0.25) is 0 Å². The molecule has 106 valence electrons. The van der Waals surface area contributed by atoms with Crippen LogP contribution in [0.15, 0.2) is 24.3 Å². The fourth-order valence-corrected chi connectivity index (χ4v) is 2.98. The third kappa shape index (κ3) is 3.48. The summed E-state index contributed by atoms with van der Waals surface area (Å²) in [5.41, 5.74) is 7.14. The number of benzene rings is 1. The summed E-state index contributed by atoms with van der Waals surface area (Å²) in [5, 5.41) is 9.41. The first-order chi connectivity index (χ1) is 9.18. The normalized spacial score (nSPS) is 26.6. The van der Waals surface area contributed by atoms with E-state index in [2.05, 4.69) is 19.1 Å². The van der Waals surface area contributed by atoms with Gasteiger partial charge in [-0.3, -0.25) is 0 Å². The summed E-state index contributed by atoms with van der Waals surface area (Å²) in [5.74, 6) is 1.32. The maximum absolute atomic E-state index is 9.41. The van der Waals surface area contributed by atoms with E-state index in [1.165, 1.54) is 5.56 Å². The summed E-state index contributed by atoms with van der Waals surface area (Å²) < 4.78 is 5.81. The first-order valence-corrected chi connectivity index (χ1v) is 7.29. The number of ether oxygens (including phenoxy) is 1. The van der Waals surface area contributed by atoms with E-state index < -0.39 is 0 Å². The molecule has 1 fully saturated rings. The van der Waals surface area contributed by atoms with Gasteiger partial charge in [0, 0.05) is 5.54 Å². The van der Waals surface area contributed by atoms with Crippen molar-refractivity contribution in [1.29, 1.82) is 0 Å². The summed E-state index contributed by atoms with van der Waals surface area (Å²) in [6.07, 6.45) is 5.10. The van der Waals surface area contributed by atoms with Gasteiger partial charge in [0.1, 0.15) is 5.75 Å². The van der Waals surface area contributed by atoms with E-state index in [1.54, 1.807) is 0 Å². The van der Waals surface area contributed by atoms with Gasteiger partial charge in [-0.15, -0.1) is 0 Å². The maximum atomic E-state index is 9.41. The third-order valence-electron chi connectivity index (χ3n) is 4.34. The molecule has 3 nitrogen and oxygen atoms in total. The highest BCUT2D eigenvalue weighted by Crippen LogP contribution is 2.35. The van der Waals surface area contributed by atoms with Gasteiger partial charge in [-0.2, -0.15) is 0 Å². The minimum absolute atomic E-state index is 0.0863.